The van der Waals surface area contributed by atoms with Crippen molar-refractivity contribution in [2.24, 2.45) is 0 Å². The van der Waals surface area contributed by atoms with E-state index in [4.69, 9.17) is 4.52 Å². The van der Waals surface area contributed by atoms with Crippen LogP contribution in [0.15, 0.2) is 22.0 Å². The van der Waals surface area contributed by atoms with E-state index in [9.17, 15) is 0 Å². The van der Waals surface area contributed by atoms with E-state index < -0.39 is 0 Å². The minimum absolute atomic E-state index is 0.421. The molecule has 0 aromatic carbocycles. The Morgan fingerprint density at radius 3 is 3.06 bits per heavy atom. The molecule has 0 spiro atoms. The molecule has 0 aliphatic rings. The van der Waals surface area contributed by atoms with Gasteiger partial charge in [0.05, 0.1) is 0 Å². The monoisotopic (exact) mass is 265 g/mol. The van der Waals surface area contributed by atoms with Crippen LogP contribution < -0.4 is 5.32 Å². The highest BCUT2D eigenvalue weighted by molar-refractivity contribution is 7.09. The number of hydrogen-bond donors (Lipinski definition) is 1. The van der Waals surface area contributed by atoms with Gasteiger partial charge in [-0.3, -0.25) is 0 Å². The number of rotatable bonds is 7. The molecule has 0 aliphatic carbocycles. The lowest BCUT2D eigenvalue weighted by molar-refractivity contribution is 0.352. The first-order valence-electron chi connectivity index (χ1n) is 6.33. The van der Waals surface area contributed by atoms with Crippen molar-refractivity contribution in [2.75, 3.05) is 7.05 Å². The van der Waals surface area contributed by atoms with Crippen molar-refractivity contribution in [1.29, 1.82) is 0 Å². The van der Waals surface area contributed by atoms with Crippen molar-refractivity contribution in [3.63, 3.8) is 0 Å². The standard InChI is InChI=1S/C13H19N3OS/c1-3-5-10(14-2)8-13-15-12(16-17-13)9-11-6-4-7-18-11/h4,6-7,10,14H,3,5,8-9H2,1-2H3. The Hall–Kier alpha value is -1.20. The van der Waals surface area contributed by atoms with E-state index in [0.717, 1.165) is 37.4 Å². The minimum atomic E-state index is 0.421. The number of hydrogen-bond acceptors (Lipinski definition) is 5. The van der Waals surface area contributed by atoms with Crippen LogP contribution in [0, 0.1) is 0 Å². The second-order valence-corrected chi connectivity index (χ2v) is 5.37. The lowest BCUT2D eigenvalue weighted by atomic mass is 10.1. The third-order valence-corrected chi connectivity index (χ3v) is 3.77. The fraction of sp³-hybridized carbons (Fsp3) is 0.538. The molecule has 0 saturated carbocycles. The molecule has 1 unspecified atom stereocenters. The minimum Gasteiger partial charge on any atom is -0.339 e. The third-order valence-electron chi connectivity index (χ3n) is 2.89. The van der Waals surface area contributed by atoms with Gasteiger partial charge >= 0.3 is 0 Å². The van der Waals surface area contributed by atoms with Crippen LogP contribution in [0.4, 0.5) is 0 Å². The van der Waals surface area contributed by atoms with E-state index >= 15 is 0 Å². The molecule has 0 amide bonds. The van der Waals surface area contributed by atoms with E-state index in [2.05, 4.69) is 33.8 Å². The number of nitrogens with zero attached hydrogens (tertiary/aromatic N) is 2. The Kier molecular flexibility index (Phi) is 4.90. The fourth-order valence-electron chi connectivity index (χ4n) is 1.92. The molecule has 2 rings (SSSR count). The van der Waals surface area contributed by atoms with Gasteiger partial charge in [0.15, 0.2) is 5.82 Å². The first-order chi connectivity index (χ1) is 8.81. The van der Waals surface area contributed by atoms with Crippen LogP contribution in [0.2, 0.25) is 0 Å². The van der Waals surface area contributed by atoms with Gasteiger partial charge in [0.25, 0.3) is 0 Å². The molecule has 1 N–H and O–H groups in total. The summed E-state index contributed by atoms with van der Waals surface area (Å²) in [4.78, 5) is 5.71. The van der Waals surface area contributed by atoms with Crippen LogP contribution in [-0.2, 0) is 12.8 Å². The van der Waals surface area contributed by atoms with Crippen LogP contribution in [-0.4, -0.2) is 23.2 Å². The number of aromatic nitrogens is 2. The molecular weight excluding hydrogens is 246 g/mol. The Balaban J connectivity index is 1.93. The van der Waals surface area contributed by atoms with Crippen molar-refractivity contribution in [2.45, 2.75) is 38.6 Å². The summed E-state index contributed by atoms with van der Waals surface area (Å²) < 4.78 is 5.30. The fourth-order valence-corrected chi connectivity index (χ4v) is 2.62. The first-order valence-corrected chi connectivity index (χ1v) is 7.21. The Morgan fingerprint density at radius 2 is 2.39 bits per heavy atom. The van der Waals surface area contributed by atoms with Gasteiger partial charge in [-0.1, -0.05) is 24.6 Å². The van der Waals surface area contributed by atoms with Gasteiger partial charge in [-0.2, -0.15) is 4.98 Å². The molecule has 5 heteroatoms. The topological polar surface area (TPSA) is 51.0 Å². The van der Waals surface area contributed by atoms with E-state index in [-0.39, 0.29) is 0 Å². The van der Waals surface area contributed by atoms with E-state index in [1.807, 2.05) is 13.1 Å². The highest BCUT2D eigenvalue weighted by atomic mass is 32.1. The third kappa shape index (κ3) is 3.65. The lowest BCUT2D eigenvalue weighted by Gasteiger charge is -2.11. The van der Waals surface area contributed by atoms with Crippen molar-refractivity contribution in [3.05, 3.63) is 34.1 Å². The van der Waals surface area contributed by atoms with E-state index in [1.165, 1.54) is 4.88 Å². The van der Waals surface area contributed by atoms with Crippen LogP contribution in [0.5, 0.6) is 0 Å². The van der Waals surface area contributed by atoms with Crippen LogP contribution in [0.3, 0.4) is 0 Å². The zero-order valence-electron chi connectivity index (χ0n) is 10.8. The quantitative estimate of drug-likeness (QED) is 0.836. The molecule has 4 nitrogen and oxygen atoms in total. The molecule has 2 aromatic rings. The van der Waals surface area contributed by atoms with Crippen molar-refractivity contribution >= 4 is 11.3 Å². The Bertz CT molecular complexity index is 453. The highest BCUT2D eigenvalue weighted by Gasteiger charge is 2.12. The van der Waals surface area contributed by atoms with Gasteiger partial charge in [-0.25, -0.2) is 0 Å². The van der Waals surface area contributed by atoms with Gasteiger partial charge < -0.3 is 9.84 Å². The zero-order chi connectivity index (χ0) is 12.8. The second kappa shape index (κ2) is 6.66. The predicted molar refractivity (Wildman–Crippen MR) is 72.9 cm³/mol. The summed E-state index contributed by atoms with van der Waals surface area (Å²) >= 11 is 1.72. The van der Waals surface area contributed by atoms with Crippen LogP contribution in [0.1, 0.15) is 36.4 Å². The Labute approximate surface area is 111 Å². The first kappa shape index (κ1) is 13.2. The SMILES string of the molecule is CCCC(Cc1nc(Cc2cccs2)no1)NC. The molecule has 2 aromatic heterocycles. The predicted octanol–water partition coefficient (Wildman–Crippen LogP) is 2.65. The number of nitrogens with one attached hydrogen (secondary N) is 1. The lowest BCUT2D eigenvalue weighted by Crippen LogP contribution is -2.27. The zero-order valence-corrected chi connectivity index (χ0v) is 11.7. The summed E-state index contributed by atoms with van der Waals surface area (Å²) in [7, 11) is 1.98. The smallest absolute Gasteiger partial charge is 0.228 e. The van der Waals surface area contributed by atoms with E-state index in [0.29, 0.717) is 6.04 Å². The van der Waals surface area contributed by atoms with Gasteiger partial charge in [0.1, 0.15) is 0 Å². The maximum Gasteiger partial charge on any atom is 0.228 e. The Morgan fingerprint density at radius 1 is 1.50 bits per heavy atom. The summed E-state index contributed by atoms with van der Waals surface area (Å²) in [5, 5.41) is 9.38. The van der Waals surface area contributed by atoms with Crippen LogP contribution >= 0.6 is 11.3 Å². The largest absolute Gasteiger partial charge is 0.339 e. The summed E-state index contributed by atoms with van der Waals surface area (Å²) in [6.45, 7) is 2.18. The average Bonchev–Trinajstić information content (AvgIpc) is 3.01. The number of likely N-dealkylation sites (N-methyl/N-ethyl adjacent to an activating group) is 1. The summed E-state index contributed by atoms with van der Waals surface area (Å²) in [6.07, 6.45) is 3.85. The van der Waals surface area contributed by atoms with Crippen molar-refractivity contribution in [3.8, 4) is 0 Å². The molecule has 98 valence electrons. The average molecular weight is 265 g/mol. The summed E-state index contributed by atoms with van der Waals surface area (Å²) in [5.41, 5.74) is 0. The molecule has 0 aliphatic heterocycles. The molecular formula is C13H19N3OS. The molecule has 0 radical (unpaired) electrons. The van der Waals surface area contributed by atoms with Crippen molar-refractivity contribution in [1.82, 2.24) is 15.5 Å². The normalized spacial score (nSPS) is 12.8. The highest BCUT2D eigenvalue weighted by Crippen LogP contribution is 2.13. The van der Waals surface area contributed by atoms with Gasteiger partial charge in [0.2, 0.25) is 5.89 Å². The van der Waals surface area contributed by atoms with E-state index in [1.54, 1.807) is 11.3 Å². The van der Waals surface area contributed by atoms with Crippen LogP contribution in [0.25, 0.3) is 0 Å². The van der Waals surface area contributed by atoms with Gasteiger partial charge in [0, 0.05) is 23.8 Å². The molecule has 0 bridgehead atoms. The molecule has 18 heavy (non-hydrogen) atoms. The maximum absolute atomic E-state index is 5.30. The molecule has 0 saturated heterocycles. The molecule has 2 heterocycles. The molecule has 0 fully saturated rings. The summed E-state index contributed by atoms with van der Waals surface area (Å²) in [6, 6.07) is 4.55. The van der Waals surface area contributed by atoms with Gasteiger partial charge in [-0.15, -0.1) is 11.3 Å². The van der Waals surface area contributed by atoms with Crippen molar-refractivity contribution < 1.29 is 4.52 Å². The van der Waals surface area contributed by atoms with Gasteiger partial charge in [-0.05, 0) is 24.9 Å². The second-order valence-electron chi connectivity index (χ2n) is 4.34. The summed E-state index contributed by atoms with van der Waals surface area (Å²) in [5.74, 6) is 1.51. The number of thiophene rings is 1. The molecule has 1 atom stereocenters. The maximum atomic E-state index is 5.30.